The number of hydrogen-bond donors (Lipinski definition) is 0. The summed E-state index contributed by atoms with van der Waals surface area (Å²) < 4.78 is 6.52. The third kappa shape index (κ3) is 3.76. The molecule has 1 atom stereocenters. The first-order chi connectivity index (χ1) is 9.95. The van der Waals surface area contributed by atoms with E-state index in [0.717, 1.165) is 15.6 Å². The molecule has 0 spiro atoms. The van der Waals surface area contributed by atoms with Gasteiger partial charge < -0.3 is 4.74 Å². The van der Waals surface area contributed by atoms with Crippen LogP contribution in [0.3, 0.4) is 0 Å². The summed E-state index contributed by atoms with van der Waals surface area (Å²) >= 11 is 20.0. The zero-order valence-corrected chi connectivity index (χ0v) is 16.3. The van der Waals surface area contributed by atoms with Gasteiger partial charge in [-0.15, -0.1) is 0 Å². The quantitative estimate of drug-likeness (QED) is 0.456. The fraction of sp³-hybridized carbons (Fsp3) is 0.250. The van der Waals surface area contributed by atoms with Gasteiger partial charge in [-0.1, -0.05) is 73.3 Å². The van der Waals surface area contributed by atoms with Gasteiger partial charge in [0.1, 0.15) is 5.75 Å². The highest BCUT2D eigenvalue weighted by Gasteiger charge is 2.19. The molecule has 0 radical (unpaired) electrons. The molecule has 0 aliphatic carbocycles. The van der Waals surface area contributed by atoms with E-state index in [1.54, 1.807) is 6.07 Å². The summed E-state index contributed by atoms with van der Waals surface area (Å²) in [6.07, 6.45) is 0. The van der Waals surface area contributed by atoms with Crippen molar-refractivity contribution in [2.45, 2.75) is 18.7 Å². The van der Waals surface area contributed by atoms with Crippen molar-refractivity contribution in [3.8, 4) is 5.75 Å². The van der Waals surface area contributed by atoms with Gasteiger partial charge in [-0.2, -0.15) is 0 Å². The molecule has 1 unspecified atom stereocenters. The summed E-state index contributed by atoms with van der Waals surface area (Å²) in [4.78, 5) is -0.0487. The Morgan fingerprint density at radius 1 is 1.14 bits per heavy atom. The molecule has 1 nitrogen and oxygen atoms in total. The Labute approximate surface area is 151 Å². The van der Waals surface area contributed by atoms with Gasteiger partial charge in [-0.05, 0) is 36.6 Å². The van der Waals surface area contributed by atoms with Gasteiger partial charge in [-0.3, -0.25) is 0 Å². The fourth-order valence-corrected chi connectivity index (χ4v) is 4.22. The molecule has 21 heavy (non-hydrogen) atoms. The number of benzene rings is 2. The van der Waals surface area contributed by atoms with Crippen molar-refractivity contribution >= 4 is 55.1 Å². The van der Waals surface area contributed by atoms with E-state index in [4.69, 9.17) is 27.9 Å². The molecule has 2 aromatic carbocycles. The smallest absolute Gasteiger partial charge is 0.139 e. The number of hydrogen-bond acceptors (Lipinski definition) is 1. The Bertz CT molecular complexity index is 659. The molecule has 0 fully saturated rings. The Hall–Kier alpha value is -0.220. The SMILES string of the molecule is CCOc1cc(Cl)c(C(Br)c2cccc(C)c2Br)cc1Cl. The van der Waals surface area contributed by atoms with Gasteiger partial charge in [-0.25, -0.2) is 0 Å². The lowest BCUT2D eigenvalue weighted by Gasteiger charge is -2.17. The minimum Gasteiger partial charge on any atom is -0.492 e. The molecule has 0 amide bonds. The minimum absolute atomic E-state index is 0.0487. The molecule has 0 N–H and O–H groups in total. The monoisotopic (exact) mass is 450 g/mol. The predicted octanol–water partition coefficient (Wildman–Crippen LogP) is 6.95. The van der Waals surface area contributed by atoms with E-state index in [1.807, 2.05) is 19.1 Å². The van der Waals surface area contributed by atoms with Crippen LogP contribution in [-0.4, -0.2) is 6.61 Å². The Balaban J connectivity index is 2.46. The van der Waals surface area contributed by atoms with Crippen molar-refractivity contribution in [2.24, 2.45) is 0 Å². The Kier molecular flexibility index (Phi) is 6.01. The summed E-state index contributed by atoms with van der Waals surface area (Å²) in [7, 11) is 0. The summed E-state index contributed by atoms with van der Waals surface area (Å²) in [6.45, 7) is 4.52. The number of aryl methyl sites for hydroxylation is 1. The molecule has 0 aromatic heterocycles. The molecule has 5 heteroatoms. The summed E-state index contributed by atoms with van der Waals surface area (Å²) in [5.74, 6) is 0.607. The van der Waals surface area contributed by atoms with Crippen LogP contribution in [0.25, 0.3) is 0 Å². The van der Waals surface area contributed by atoms with Crippen LogP contribution in [0.1, 0.15) is 28.4 Å². The largest absolute Gasteiger partial charge is 0.492 e. The molecular formula is C16H14Br2Cl2O. The lowest BCUT2D eigenvalue weighted by atomic mass is 10.0. The highest BCUT2D eigenvalue weighted by molar-refractivity contribution is 9.11. The molecule has 0 saturated heterocycles. The van der Waals surface area contributed by atoms with E-state index in [-0.39, 0.29) is 4.83 Å². The van der Waals surface area contributed by atoms with Crippen molar-refractivity contribution in [3.05, 3.63) is 61.5 Å². The Morgan fingerprint density at radius 2 is 1.86 bits per heavy atom. The zero-order chi connectivity index (χ0) is 15.6. The van der Waals surface area contributed by atoms with Crippen LogP contribution in [0.15, 0.2) is 34.8 Å². The topological polar surface area (TPSA) is 9.23 Å². The third-order valence-electron chi connectivity index (χ3n) is 3.12. The normalized spacial score (nSPS) is 12.3. The van der Waals surface area contributed by atoms with Crippen LogP contribution < -0.4 is 4.74 Å². The van der Waals surface area contributed by atoms with Gasteiger partial charge in [0.2, 0.25) is 0 Å². The second-order valence-corrected chi connectivity index (χ2v) is 7.10. The lowest BCUT2D eigenvalue weighted by Crippen LogP contribution is -1.99. The number of alkyl halides is 1. The zero-order valence-electron chi connectivity index (χ0n) is 11.6. The van der Waals surface area contributed by atoms with E-state index in [9.17, 15) is 0 Å². The maximum atomic E-state index is 6.39. The maximum absolute atomic E-state index is 6.39. The van der Waals surface area contributed by atoms with Gasteiger partial charge >= 0.3 is 0 Å². The van der Waals surface area contributed by atoms with Gasteiger partial charge in [0.15, 0.2) is 0 Å². The van der Waals surface area contributed by atoms with Crippen molar-refractivity contribution in [3.63, 3.8) is 0 Å². The average Bonchev–Trinajstić information content (AvgIpc) is 2.45. The van der Waals surface area contributed by atoms with Crippen molar-refractivity contribution in [1.82, 2.24) is 0 Å². The highest BCUT2D eigenvalue weighted by Crippen LogP contribution is 2.42. The molecule has 0 bridgehead atoms. The van der Waals surface area contributed by atoms with Crippen LogP contribution in [0.5, 0.6) is 5.75 Å². The summed E-state index contributed by atoms with van der Waals surface area (Å²) in [5.41, 5.74) is 3.19. The van der Waals surface area contributed by atoms with Gasteiger partial charge in [0.05, 0.1) is 16.5 Å². The lowest BCUT2D eigenvalue weighted by molar-refractivity contribution is 0.340. The standard InChI is InChI=1S/C16H14Br2Cl2O/c1-3-21-14-8-12(19)11(7-13(14)20)16(18)10-6-4-5-9(2)15(10)17/h4-8,16H,3H2,1-2H3. The summed E-state index contributed by atoms with van der Waals surface area (Å²) in [6, 6.07) is 9.74. The predicted molar refractivity (Wildman–Crippen MR) is 97.3 cm³/mol. The minimum atomic E-state index is -0.0487. The molecule has 0 aliphatic heterocycles. The van der Waals surface area contributed by atoms with E-state index in [1.165, 1.54) is 5.56 Å². The van der Waals surface area contributed by atoms with Crippen LogP contribution in [-0.2, 0) is 0 Å². The molecule has 0 aliphatic rings. The van der Waals surface area contributed by atoms with Gasteiger partial charge in [0, 0.05) is 15.6 Å². The molecule has 2 rings (SSSR count). The molecule has 0 saturated carbocycles. The van der Waals surface area contributed by atoms with Crippen LogP contribution in [0, 0.1) is 6.92 Å². The number of halogens is 4. The second-order valence-electron chi connectivity index (χ2n) is 4.58. The number of ether oxygens (including phenoxy) is 1. The molecule has 112 valence electrons. The third-order valence-corrected chi connectivity index (χ3v) is 5.81. The molecule has 0 heterocycles. The summed E-state index contributed by atoms with van der Waals surface area (Å²) in [5, 5.41) is 1.18. The fourth-order valence-electron chi connectivity index (χ4n) is 2.04. The molecule has 2 aromatic rings. The molecular weight excluding hydrogens is 439 g/mol. The van der Waals surface area contributed by atoms with Gasteiger partial charge in [0.25, 0.3) is 0 Å². The first kappa shape index (κ1) is 17.1. The van der Waals surface area contributed by atoms with E-state index in [0.29, 0.717) is 22.4 Å². The van der Waals surface area contributed by atoms with Crippen molar-refractivity contribution in [2.75, 3.05) is 6.61 Å². The highest BCUT2D eigenvalue weighted by atomic mass is 79.9. The first-order valence-corrected chi connectivity index (χ1v) is 8.93. The average molecular weight is 453 g/mol. The first-order valence-electron chi connectivity index (χ1n) is 6.46. The van der Waals surface area contributed by atoms with Crippen LogP contribution in [0.4, 0.5) is 0 Å². The van der Waals surface area contributed by atoms with Crippen molar-refractivity contribution in [1.29, 1.82) is 0 Å². The number of rotatable bonds is 4. The second kappa shape index (κ2) is 7.36. The van der Waals surface area contributed by atoms with Crippen molar-refractivity contribution < 1.29 is 4.74 Å². The maximum Gasteiger partial charge on any atom is 0.139 e. The van der Waals surface area contributed by atoms with Crippen LogP contribution in [0.2, 0.25) is 10.0 Å². The van der Waals surface area contributed by atoms with E-state index >= 15 is 0 Å². The van der Waals surface area contributed by atoms with E-state index in [2.05, 4.69) is 50.9 Å². The van der Waals surface area contributed by atoms with E-state index < -0.39 is 0 Å². The van der Waals surface area contributed by atoms with Crippen LogP contribution >= 0.6 is 55.1 Å². The Morgan fingerprint density at radius 3 is 2.52 bits per heavy atom.